The number of aliphatic carboxylic acids is 1. The van der Waals surface area contributed by atoms with E-state index in [1.807, 2.05) is 0 Å². The molecule has 0 aliphatic carbocycles. The van der Waals surface area contributed by atoms with Crippen LogP contribution in [-0.2, 0) is 4.79 Å². The van der Waals surface area contributed by atoms with E-state index in [0.717, 1.165) is 19.3 Å². The van der Waals surface area contributed by atoms with Crippen LogP contribution >= 0.6 is 15.9 Å². The van der Waals surface area contributed by atoms with Crippen LogP contribution in [0.2, 0.25) is 0 Å². The van der Waals surface area contributed by atoms with Crippen LogP contribution in [0.25, 0.3) is 0 Å². The molecule has 0 bridgehead atoms. The fourth-order valence-corrected chi connectivity index (χ4v) is 1.64. The molecule has 0 radical (unpaired) electrons. The smallest absolute Gasteiger partial charge is 0.320 e. The zero-order valence-electron chi connectivity index (χ0n) is 8.79. The zero-order chi connectivity index (χ0) is 11.2. The highest BCUT2D eigenvalue weighted by atomic mass is 79.9. The Hall–Kier alpha value is -0.0900. The second-order valence-corrected chi connectivity index (χ2v) is 5.61. The van der Waals surface area contributed by atoms with E-state index in [4.69, 9.17) is 5.11 Å². The molecule has 0 rings (SSSR count). The second kappa shape index (κ2) is 6.40. The lowest BCUT2D eigenvalue weighted by atomic mass is 9.99. The average molecular weight is 267 g/mol. The molecule has 0 spiro atoms. The number of carboxylic acids is 1. The highest BCUT2D eigenvalue weighted by molar-refractivity contribution is 9.10. The molecule has 2 unspecified atom stereocenters. The lowest BCUT2D eigenvalue weighted by Gasteiger charge is -2.20. The van der Waals surface area contributed by atoms with Gasteiger partial charge in [-0.15, -0.1) is 0 Å². The second-order valence-electron chi connectivity index (χ2n) is 3.86. The molecule has 0 aliphatic rings. The third-order valence-corrected chi connectivity index (χ3v) is 2.87. The predicted octanol–water partition coefficient (Wildman–Crippen LogP) is 2.56. The molecule has 0 fully saturated rings. The Balaban J connectivity index is 3.81. The van der Waals surface area contributed by atoms with Gasteiger partial charge >= 0.3 is 5.97 Å². The van der Waals surface area contributed by atoms with Crippen molar-refractivity contribution in [2.24, 2.45) is 0 Å². The molecule has 0 saturated carbocycles. The van der Waals surface area contributed by atoms with Crippen LogP contribution in [0.15, 0.2) is 0 Å². The Morgan fingerprint density at radius 2 is 2.07 bits per heavy atom. The van der Waals surface area contributed by atoms with E-state index < -0.39 is 16.4 Å². The first-order chi connectivity index (χ1) is 6.40. The maximum Gasteiger partial charge on any atom is 0.320 e. The molecule has 0 aliphatic heterocycles. The lowest BCUT2D eigenvalue weighted by molar-refractivity contribution is -0.140. The van der Waals surface area contributed by atoms with E-state index in [1.54, 1.807) is 6.92 Å². The van der Waals surface area contributed by atoms with Crippen molar-refractivity contribution in [2.45, 2.75) is 56.4 Å². The first-order valence-corrected chi connectivity index (χ1v) is 5.80. The van der Waals surface area contributed by atoms with Crippen molar-refractivity contribution >= 4 is 21.9 Å². The topological polar surface area (TPSA) is 57.5 Å². The van der Waals surface area contributed by atoms with Gasteiger partial charge in [0.05, 0.1) is 6.10 Å². The van der Waals surface area contributed by atoms with E-state index in [0.29, 0.717) is 6.42 Å². The van der Waals surface area contributed by atoms with Crippen LogP contribution in [0.5, 0.6) is 0 Å². The van der Waals surface area contributed by atoms with Crippen LogP contribution in [0.1, 0.15) is 46.0 Å². The normalized spacial score (nSPS) is 17.4. The summed E-state index contributed by atoms with van der Waals surface area (Å²) in [7, 11) is 0. The summed E-state index contributed by atoms with van der Waals surface area (Å²) in [5.74, 6) is -0.924. The number of unbranched alkanes of at least 4 members (excludes halogenated alkanes) is 2. The lowest BCUT2D eigenvalue weighted by Crippen LogP contribution is -2.32. The summed E-state index contributed by atoms with van der Waals surface area (Å²) >= 11 is 3.10. The van der Waals surface area contributed by atoms with Gasteiger partial charge in [0.1, 0.15) is 4.32 Å². The van der Waals surface area contributed by atoms with E-state index in [-0.39, 0.29) is 6.42 Å². The molecule has 14 heavy (non-hydrogen) atoms. The summed E-state index contributed by atoms with van der Waals surface area (Å²) in [6.07, 6.45) is 3.57. The number of hydrogen-bond acceptors (Lipinski definition) is 2. The van der Waals surface area contributed by atoms with Gasteiger partial charge in [-0.1, -0.05) is 42.1 Å². The molecular formula is C10H19BrO3. The number of hydrogen-bond donors (Lipinski definition) is 2. The summed E-state index contributed by atoms with van der Waals surface area (Å²) < 4.78 is -1.00. The molecule has 4 heteroatoms. The Morgan fingerprint density at radius 1 is 1.50 bits per heavy atom. The highest BCUT2D eigenvalue weighted by Gasteiger charge is 2.31. The molecule has 2 atom stereocenters. The van der Waals surface area contributed by atoms with Gasteiger partial charge in [0.25, 0.3) is 0 Å². The van der Waals surface area contributed by atoms with Crippen molar-refractivity contribution in [3.05, 3.63) is 0 Å². The molecule has 3 nitrogen and oxygen atoms in total. The fraction of sp³-hybridized carbons (Fsp3) is 0.900. The Morgan fingerprint density at radius 3 is 2.50 bits per heavy atom. The third kappa shape index (κ3) is 5.60. The van der Waals surface area contributed by atoms with Gasteiger partial charge < -0.3 is 10.2 Å². The van der Waals surface area contributed by atoms with E-state index >= 15 is 0 Å². The van der Waals surface area contributed by atoms with Gasteiger partial charge in [-0.25, -0.2) is 0 Å². The largest absolute Gasteiger partial charge is 0.480 e. The van der Waals surface area contributed by atoms with Gasteiger partial charge in [0.2, 0.25) is 0 Å². The first kappa shape index (κ1) is 13.9. The molecule has 2 N–H and O–H groups in total. The number of alkyl halides is 1. The van der Waals surface area contributed by atoms with Crippen molar-refractivity contribution in [1.82, 2.24) is 0 Å². The Labute approximate surface area is 93.6 Å². The van der Waals surface area contributed by atoms with Gasteiger partial charge in [0.15, 0.2) is 0 Å². The Kier molecular flexibility index (Phi) is 6.36. The van der Waals surface area contributed by atoms with Gasteiger partial charge in [-0.2, -0.15) is 0 Å². The van der Waals surface area contributed by atoms with Crippen molar-refractivity contribution in [3.63, 3.8) is 0 Å². The van der Waals surface area contributed by atoms with Crippen LogP contribution < -0.4 is 0 Å². The summed E-state index contributed by atoms with van der Waals surface area (Å²) in [6.45, 7) is 3.66. The average Bonchev–Trinajstić information content (AvgIpc) is 2.03. The molecule has 0 amide bonds. The molecular weight excluding hydrogens is 248 g/mol. The van der Waals surface area contributed by atoms with E-state index in [1.165, 1.54) is 0 Å². The standard InChI is InChI=1S/C10H19BrO3/c1-3-4-5-6-8(12)7-10(2,11)9(13)14/h8,12H,3-7H2,1-2H3,(H,13,14). The number of halogens is 1. The minimum Gasteiger partial charge on any atom is -0.480 e. The van der Waals surface area contributed by atoms with Crippen LogP contribution in [0.3, 0.4) is 0 Å². The van der Waals surface area contributed by atoms with Crippen molar-refractivity contribution in [1.29, 1.82) is 0 Å². The van der Waals surface area contributed by atoms with Crippen molar-refractivity contribution in [3.8, 4) is 0 Å². The number of carbonyl (C=O) groups is 1. The quantitative estimate of drug-likeness (QED) is 0.550. The van der Waals surface area contributed by atoms with Crippen LogP contribution in [0, 0.1) is 0 Å². The van der Waals surface area contributed by atoms with Gasteiger partial charge in [-0.05, 0) is 19.8 Å². The number of aliphatic hydroxyl groups excluding tert-OH is 1. The van der Waals surface area contributed by atoms with Crippen LogP contribution in [0.4, 0.5) is 0 Å². The summed E-state index contributed by atoms with van der Waals surface area (Å²) in [5.41, 5.74) is 0. The molecule has 0 saturated heterocycles. The van der Waals surface area contributed by atoms with Crippen LogP contribution in [-0.4, -0.2) is 26.6 Å². The summed E-state index contributed by atoms with van der Waals surface area (Å²) in [6, 6.07) is 0. The number of rotatable bonds is 7. The minimum absolute atomic E-state index is 0.256. The zero-order valence-corrected chi connectivity index (χ0v) is 10.4. The number of aliphatic hydroxyl groups is 1. The fourth-order valence-electron chi connectivity index (χ4n) is 1.26. The SMILES string of the molecule is CCCCCC(O)CC(C)(Br)C(=O)O. The summed E-state index contributed by atoms with van der Waals surface area (Å²) in [5, 5.41) is 18.4. The molecule has 84 valence electrons. The monoisotopic (exact) mass is 266 g/mol. The first-order valence-electron chi connectivity index (χ1n) is 5.00. The van der Waals surface area contributed by atoms with E-state index in [9.17, 15) is 9.90 Å². The predicted molar refractivity (Wildman–Crippen MR) is 59.7 cm³/mol. The van der Waals surface area contributed by atoms with Gasteiger partial charge in [-0.3, -0.25) is 4.79 Å². The van der Waals surface area contributed by atoms with Crippen molar-refractivity contribution in [2.75, 3.05) is 0 Å². The number of carboxylic acid groups (broad SMARTS) is 1. The van der Waals surface area contributed by atoms with E-state index in [2.05, 4.69) is 22.9 Å². The molecule has 0 aromatic carbocycles. The third-order valence-electron chi connectivity index (χ3n) is 2.21. The Bertz CT molecular complexity index is 180. The van der Waals surface area contributed by atoms with Gasteiger partial charge in [0, 0.05) is 0 Å². The molecule has 0 aromatic rings. The maximum absolute atomic E-state index is 10.7. The summed E-state index contributed by atoms with van der Waals surface area (Å²) in [4.78, 5) is 10.7. The highest BCUT2D eigenvalue weighted by Crippen LogP contribution is 2.25. The minimum atomic E-state index is -1.00. The maximum atomic E-state index is 10.7. The molecule has 0 heterocycles. The molecule has 0 aromatic heterocycles. The van der Waals surface area contributed by atoms with Crippen molar-refractivity contribution < 1.29 is 15.0 Å².